The predicted molar refractivity (Wildman–Crippen MR) is 577 cm³/mol. The van der Waals surface area contributed by atoms with Gasteiger partial charge in [-0.3, -0.25) is 19.0 Å². The summed E-state index contributed by atoms with van der Waals surface area (Å²) in [5.74, 6) is -0.381. The van der Waals surface area contributed by atoms with E-state index in [-0.39, 0.29) is 36.7 Å². The van der Waals surface area contributed by atoms with Gasteiger partial charge in [0.15, 0.2) is 0 Å². The molecule has 141 heavy (non-hydrogen) atoms. The van der Waals surface area contributed by atoms with Crippen molar-refractivity contribution in [1.29, 1.82) is 0 Å². The number of methoxy groups -OCH3 is 3. The lowest BCUT2D eigenvalue weighted by Gasteiger charge is -2.26. The maximum atomic E-state index is 12.8. The molecule has 2 aliphatic heterocycles. The monoisotopic (exact) mass is 1880 g/mol. The molecule has 2 fully saturated rings. The molecule has 0 atom stereocenters. The number of aryl methyl sites for hydroxylation is 3. The second-order valence-electron chi connectivity index (χ2n) is 37.7. The van der Waals surface area contributed by atoms with E-state index in [0.717, 1.165) is 149 Å². The Balaban J connectivity index is 0.000000142. The van der Waals surface area contributed by atoms with Crippen LogP contribution in [0.15, 0.2) is 340 Å². The number of carbonyl (C=O) groups is 4. The number of phenols is 1. The highest BCUT2D eigenvalue weighted by Gasteiger charge is 2.26. The van der Waals surface area contributed by atoms with Gasteiger partial charge >= 0.3 is 24.0 Å². The lowest BCUT2D eigenvalue weighted by molar-refractivity contribution is -0.141. The number of esters is 3. The van der Waals surface area contributed by atoms with Crippen LogP contribution in [0.2, 0.25) is 0 Å². The Morgan fingerprint density at radius 1 is 0.326 bits per heavy atom. The van der Waals surface area contributed by atoms with Crippen molar-refractivity contribution in [2.24, 2.45) is 0 Å². The Kier molecular flexibility index (Phi) is 35.2. The number of carbonyl (C=O) groups excluding carboxylic acids is 4. The number of allylic oxidation sites excluding steroid dienone is 4. The van der Waals surface area contributed by atoms with Crippen molar-refractivity contribution in [3.63, 3.8) is 0 Å². The number of benzene rings is 12. The number of phenolic OH excluding ortho intramolecular Hbond substituents is 1. The Labute approximate surface area is 830 Å². The summed E-state index contributed by atoms with van der Waals surface area (Å²) >= 11 is 0. The van der Waals surface area contributed by atoms with Crippen LogP contribution in [-0.4, -0.2) is 136 Å². The van der Waals surface area contributed by atoms with E-state index < -0.39 is 11.7 Å². The van der Waals surface area contributed by atoms with Gasteiger partial charge in [0.05, 0.1) is 26.8 Å². The average Bonchev–Trinajstić information content (AvgIpc) is 1.80. The summed E-state index contributed by atoms with van der Waals surface area (Å²) in [5, 5.41) is 24.2. The lowest BCUT2D eigenvalue weighted by atomic mass is 9.86. The predicted octanol–water partition coefficient (Wildman–Crippen LogP) is 27.9. The SMILES string of the molecule is COC(=O)CC/C(=C(\c1ccc(C)cc1)c1ccc2[nH]ccc2c1)c1ccccc1.COC(=O)CC/C(=C(\c1ccc(C)cc1)c1ccc2c(ccn2C(=O)OC(C)(C)C)c1)c1ccccc1.COC(=O)CC/C(=C(\c1ccc(C)cc1)c1ccc2c(ccn2CCN2CCCCC2)c1)c1ccccc1.OCCC/C(=C(\c1ccc(O)cc1)c1ccc2c(ccn2CCN2CCCCC2)c1)c1ccccc1. The quantitative estimate of drug-likeness (QED) is 0.0220. The number of fused-ring (bicyclic) bond motifs is 4. The fourth-order valence-electron chi connectivity index (χ4n) is 19.2. The highest BCUT2D eigenvalue weighted by Crippen LogP contribution is 2.43. The van der Waals surface area contributed by atoms with Gasteiger partial charge in [-0.1, -0.05) is 260 Å². The molecule has 3 N–H and O–H groups in total. The Morgan fingerprint density at radius 3 is 1.00 bits per heavy atom. The van der Waals surface area contributed by atoms with Crippen molar-refractivity contribution in [3.8, 4) is 5.75 Å². The third-order valence-corrected chi connectivity index (χ3v) is 26.6. The number of likely N-dealkylation sites (tertiary alicyclic amines) is 2. The van der Waals surface area contributed by atoms with Crippen molar-refractivity contribution >= 4 is 112 Å². The van der Waals surface area contributed by atoms with Gasteiger partial charge < -0.3 is 53.1 Å². The first-order valence-electron chi connectivity index (χ1n) is 49.7. The third-order valence-electron chi connectivity index (χ3n) is 26.6. The number of hydrogen-bond acceptors (Lipinski definition) is 12. The topological polar surface area (TPSA) is 183 Å². The number of aromatic amines is 1. The van der Waals surface area contributed by atoms with Crippen molar-refractivity contribution in [1.82, 2.24) is 28.5 Å². The van der Waals surface area contributed by atoms with Gasteiger partial charge in [0.2, 0.25) is 0 Å². The summed E-state index contributed by atoms with van der Waals surface area (Å²) in [4.78, 5) is 57.5. The van der Waals surface area contributed by atoms with Gasteiger partial charge in [-0.25, -0.2) is 4.79 Å². The molecule has 0 aliphatic carbocycles. The van der Waals surface area contributed by atoms with Gasteiger partial charge in [0.25, 0.3) is 0 Å². The summed E-state index contributed by atoms with van der Waals surface area (Å²) in [5.41, 5.74) is 29.8. The normalized spacial score (nSPS) is 13.7. The van der Waals surface area contributed by atoms with Crippen LogP contribution in [0.4, 0.5) is 4.79 Å². The van der Waals surface area contributed by atoms with Crippen molar-refractivity contribution < 1.29 is 48.3 Å². The molecule has 0 spiro atoms. The van der Waals surface area contributed by atoms with Gasteiger partial charge in [-0.05, 0) is 327 Å². The molecule has 0 amide bonds. The standard InChI is InChI=1S/C34H38N2O2.C32H36N2O2.C32H33NO4.C27H25NO2/c1-26-11-13-28(14-12-26)34(31(16-18-33(37)38-2)27-9-5-3-6-10-27)30-15-17-32-29(25-30)19-22-36(32)24-23-35-20-7-4-8-21-35;35-23-7-10-30(25-8-3-1-4-9-25)32(26-11-14-29(36)15-12-26)28-13-16-31-27(24-28)17-20-34(31)22-21-33-18-5-2-6-19-33;1-22-11-13-24(14-12-22)30(27(16-18-29(34)36-5)23-9-7-6-8-10-23)26-15-17-28-25(21-26)19-20-33(28)31(35)37-32(2,3)4;1-19-8-10-21(11-9-19)27(23-12-14-25-22(18-23)16-17-28-25)24(13-15-26(29)30-2)20-6-4-3-5-7-20/h3,5-6,9-15,17,19,22,25H,4,7-8,16,18,20-21,23-24H2,1-2H3;1,3-4,8-9,11-17,20,24,35-36H,2,5-7,10,18-19,21-23H2;6-15,17,19-21H,16,18H2,1-5H3;3-12,14,16-18,28H,13,15H2,1-2H3/b34-31-;32-30-;30-27-;27-24-. The number of H-pyrrole nitrogens is 1. The lowest BCUT2D eigenvalue weighted by Crippen LogP contribution is -2.32. The molecule has 0 bridgehead atoms. The van der Waals surface area contributed by atoms with Gasteiger partial charge in [0, 0.05) is 110 Å². The number of aliphatic hydroxyl groups is 1. The smallest absolute Gasteiger partial charge is 0.418 e. The largest absolute Gasteiger partial charge is 0.508 e. The minimum Gasteiger partial charge on any atom is -0.508 e. The first kappa shape index (κ1) is 101. The molecule has 722 valence electrons. The summed E-state index contributed by atoms with van der Waals surface area (Å²) in [7, 11) is 4.31. The van der Waals surface area contributed by atoms with E-state index in [1.54, 1.807) is 18.3 Å². The Bertz CT molecular complexity index is 7000. The number of piperidine rings is 2. The molecule has 16 nitrogen and oxygen atoms in total. The number of ether oxygens (including phenoxy) is 4. The molecule has 4 aromatic heterocycles. The summed E-state index contributed by atoms with van der Waals surface area (Å²) < 4.78 is 26.8. The molecular formula is C125H132N6O10. The van der Waals surface area contributed by atoms with Crippen molar-refractivity contribution in [2.75, 3.05) is 67.2 Å². The molecule has 0 unspecified atom stereocenters. The number of nitrogens with one attached hydrogen (secondary N) is 1. The second kappa shape index (κ2) is 49.2. The number of aromatic nitrogens is 4. The summed E-state index contributed by atoms with van der Waals surface area (Å²) in [6.45, 7) is 21.1. The van der Waals surface area contributed by atoms with E-state index in [9.17, 15) is 29.4 Å². The third kappa shape index (κ3) is 26.9. The van der Waals surface area contributed by atoms with Gasteiger partial charge in [-0.15, -0.1) is 0 Å². The van der Waals surface area contributed by atoms with Crippen LogP contribution in [-0.2, 0) is 46.4 Å². The molecule has 6 heterocycles. The maximum absolute atomic E-state index is 12.8. The molecule has 2 aliphatic rings. The first-order valence-corrected chi connectivity index (χ1v) is 49.7. The molecule has 0 radical (unpaired) electrons. The molecule has 12 aromatic carbocycles. The van der Waals surface area contributed by atoms with Crippen LogP contribution in [0, 0.1) is 20.8 Å². The summed E-state index contributed by atoms with van der Waals surface area (Å²) in [6.07, 6.45) is 19.9. The number of hydrogen-bond donors (Lipinski definition) is 3. The van der Waals surface area contributed by atoms with Crippen molar-refractivity contribution in [2.45, 2.75) is 150 Å². The van der Waals surface area contributed by atoms with Crippen LogP contribution in [0.5, 0.6) is 5.75 Å². The van der Waals surface area contributed by atoms with Crippen LogP contribution in [0.3, 0.4) is 0 Å². The van der Waals surface area contributed by atoms with Crippen LogP contribution >= 0.6 is 0 Å². The Morgan fingerprint density at radius 2 is 0.645 bits per heavy atom. The zero-order valence-electron chi connectivity index (χ0n) is 83.0. The fourth-order valence-corrected chi connectivity index (χ4v) is 19.2. The maximum Gasteiger partial charge on any atom is 0.418 e. The zero-order chi connectivity index (χ0) is 98.6. The fraction of sp³-hybridized carbons (Fsp3) is 0.264. The molecular weight excluding hydrogens is 1750 g/mol. The minimum atomic E-state index is -0.584. The number of nitrogens with zero attached hydrogens (tertiary/aromatic N) is 5. The van der Waals surface area contributed by atoms with E-state index in [1.165, 1.54) is 146 Å². The molecule has 16 aromatic rings. The van der Waals surface area contributed by atoms with Crippen LogP contribution in [0.25, 0.3) is 88.2 Å². The highest BCUT2D eigenvalue weighted by molar-refractivity contribution is 6.06. The van der Waals surface area contributed by atoms with E-state index >= 15 is 0 Å². The number of aromatic hydroxyl groups is 1. The molecule has 16 heteroatoms. The van der Waals surface area contributed by atoms with Crippen LogP contribution in [0.1, 0.15) is 194 Å². The number of rotatable bonds is 30. The molecule has 18 rings (SSSR count). The Hall–Kier alpha value is -14.7. The van der Waals surface area contributed by atoms with E-state index in [4.69, 9.17) is 18.9 Å². The van der Waals surface area contributed by atoms with Crippen LogP contribution < -0.4 is 0 Å². The van der Waals surface area contributed by atoms with Gasteiger partial charge in [0.1, 0.15) is 11.4 Å². The van der Waals surface area contributed by atoms with E-state index in [2.05, 4.69) is 282 Å². The average molecular weight is 1880 g/mol. The van der Waals surface area contributed by atoms with E-state index in [0.29, 0.717) is 38.5 Å². The second-order valence-corrected chi connectivity index (χ2v) is 37.7. The van der Waals surface area contributed by atoms with Crippen molar-refractivity contribution in [3.05, 3.63) is 424 Å². The minimum absolute atomic E-state index is 0.151. The number of aliphatic hydroxyl groups excluding tert-OH is 1. The zero-order valence-corrected chi connectivity index (χ0v) is 83.0. The first-order chi connectivity index (χ1) is 68.7. The molecule has 0 saturated carbocycles. The van der Waals surface area contributed by atoms with E-state index in [1.807, 2.05) is 106 Å². The van der Waals surface area contributed by atoms with Gasteiger partial charge in [-0.2, -0.15) is 0 Å². The molecule has 2 saturated heterocycles. The highest BCUT2D eigenvalue weighted by atomic mass is 16.6. The summed E-state index contributed by atoms with van der Waals surface area (Å²) in [6, 6.07) is 109.